The molecule has 1 aliphatic heterocycles. The van der Waals surface area contributed by atoms with Crippen LogP contribution in [0.3, 0.4) is 0 Å². The quantitative estimate of drug-likeness (QED) is 0.445. The van der Waals surface area contributed by atoms with Crippen molar-refractivity contribution in [2.75, 3.05) is 44.3 Å². The van der Waals surface area contributed by atoms with E-state index in [2.05, 4.69) is 9.71 Å². The lowest BCUT2D eigenvalue weighted by Gasteiger charge is -2.35. The molecule has 236 valence electrons. The molecule has 2 N–H and O–H groups in total. The number of fused-ring (bicyclic) bond motifs is 1. The molecule has 42 heavy (non-hydrogen) atoms. The highest BCUT2D eigenvalue weighted by molar-refractivity contribution is 7.92. The third-order valence-electron chi connectivity index (χ3n) is 7.15. The Balaban J connectivity index is 1.98. The number of aliphatic hydroxyl groups excluding tert-OH is 1. The highest BCUT2D eigenvalue weighted by Crippen LogP contribution is 2.29. The molecule has 4 atom stereocenters. The van der Waals surface area contributed by atoms with Crippen LogP contribution in [0.5, 0.6) is 5.75 Å². The summed E-state index contributed by atoms with van der Waals surface area (Å²) >= 11 is 0. The topological polar surface area (TPSA) is 160 Å². The molecule has 1 aromatic heterocycles. The smallest absolute Gasteiger partial charge is 0.261 e. The molecule has 0 saturated carbocycles. The van der Waals surface area contributed by atoms with Crippen LogP contribution in [0.25, 0.3) is 0 Å². The fraction of sp³-hybridized carbons (Fsp3) is 0.630. The van der Waals surface area contributed by atoms with Gasteiger partial charge in [-0.15, -0.1) is 0 Å². The van der Waals surface area contributed by atoms with Gasteiger partial charge in [-0.1, -0.05) is 6.92 Å². The number of nitrogens with zero attached hydrogens (tertiary/aromatic N) is 4. The van der Waals surface area contributed by atoms with Crippen LogP contribution < -0.4 is 9.46 Å². The number of nitrogens with one attached hydrogen (secondary N) is 1. The Morgan fingerprint density at radius 2 is 1.93 bits per heavy atom. The lowest BCUT2D eigenvalue weighted by molar-refractivity contribution is -0.00835. The van der Waals surface area contributed by atoms with Crippen molar-refractivity contribution < 1.29 is 36.2 Å². The Bertz CT molecular complexity index is 1430. The number of hydrogen-bond donors (Lipinski definition) is 2. The average Bonchev–Trinajstić information content (AvgIpc) is 3.36. The van der Waals surface area contributed by atoms with Gasteiger partial charge in [0.25, 0.3) is 15.9 Å². The first-order chi connectivity index (χ1) is 19.6. The summed E-state index contributed by atoms with van der Waals surface area (Å²) in [6, 6.07) is 3.92. The summed E-state index contributed by atoms with van der Waals surface area (Å²) in [6.07, 6.45) is 5.20. The van der Waals surface area contributed by atoms with Crippen LogP contribution in [0, 0.1) is 5.92 Å². The molecule has 0 fully saturated rings. The zero-order chi connectivity index (χ0) is 31.2. The SMILES string of the molecule is C[C@@H]1CCCCO[C@H](CN(C)S(=O)(=O)c2cn(C)cn2)[C@@H](C)CN([C@H](C)CO)C(=O)c2cc(NS(C)(=O)=O)ccc2O1. The molecule has 3 rings (SSSR count). The fourth-order valence-corrected chi connectivity index (χ4v) is 6.39. The number of aryl methyl sites for hydroxylation is 1. The zero-order valence-corrected chi connectivity index (χ0v) is 26.7. The predicted octanol–water partition coefficient (Wildman–Crippen LogP) is 1.91. The number of rotatable bonds is 8. The first-order valence-corrected chi connectivity index (χ1v) is 17.2. The Morgan fingerprint density at radius 3 is 2.55 bits per heavy atom. The summed E-state index contributed by atoms with van der Waals surface area (Å²) in [4.78, 5) is 19.5. The maximum absolute atomic E-state index is 14.1. The number of aromatic nitrogens is 2. The molecular formula is C27H43N5O8S2. The molecule has 0 aliphatic carbocycles. The van der Waals surface area contributed by atoms with Crippen molar-refractivity contribution in [1.29, 1.82) is 0 Å². The maximum atomic E-state index is 14.1. The number of sulfonamides is 2. The van der Waals surface area contributed by atoms with Crippen LogP contribution in [0.15, 0.2) is 35.7 Å². The summed E-state index contributed by atoms with van der Waals surface area (Å²) in [5, 5.41) is 9.99. The van der Waals surface area contributed by atoms with Gasteiger partial charge in [-0.05, 0) is 51.3 Å². The number of likely N-dealkylation sites (N-methyl/N-ethyl adjacent to an activating group) is 1. The lowest BCUT2D eigenvalue weighted by atomic mass is 10.0. The zero-order valence-electron chi connectivity index (χ0n) is 25.1. The minimum atomic E-state index is -3.89. The third kappa shape index (κ3) is 8.89. The second-order valence-corrected chi connectivity index (χ2v) is 14.8. The van der Waals surface area contributed by atoms with Gasteiger partial charge < -0.3 is 24.0 Å². The van der Waals surface area contributed by atoms with E-state index in [0.717, 1.165) is 12.7 Å². The number of anilines is 1. The maximum Gasteiger partial charge on any atom is 0.261 e. The van der Waals surface area contributed by atoms with Crippen molar-refractivity contribution in [2.24, 2.45) is 13.0 Å². The van der Waals surface area contributed by atoms with Crippen molar-refractivity contribution in [2.45, 2.75) is 63.3 Å². The predicted molar refractivity (Wildman–Crippen MR) is 158 cm³/mol. The molecule has 15 heteroatoms. The van der Waals surface area contributed by atoms with Gasteiger partial charge in [-0.3, -0.25) is 9.52 Å². The van der Waals surface area contributed by atoms with E-state index in [9.17, 15) is 26.7 Å². The van der Waals surface area contributed by atoms with Crippen LogP contribution in [0.1, 0.15) is 50.4 Å². The second kappa shape index (κ2) is 14.2. The largest absolute Gasteiger partial charge is 0.490 e. The van der Waals surface area contributed by atoms with E-state index in [4.69, 9.17) is 9.47 Å². The number of carbonyl (C=O) groups is 1. The van der Waals surface area contributed by atoms with Gasteiger partial charge in [0, 0.05) is 51.6 Å². The van der Waals surface area contributed by atoms with E-state index >= 15 is 0 Å². The highest BCUT2D eigenvalue weighted by atomic mass is 32.2. The van der Waals surface area contributed by atoms with E-state index in [1.807, 2.05) is 13.8 Å². The molecule has 1 amide bonds. The van der Waals surface area contributed by atoms with Gasteiger partial charge in [0.15, 0.2) is 5.03 Å². The van der Waals surface area contributed by atoms with E-state index < -0.39 is 38.1 Å². The molecule has 2 aromatic rings. The minimum absolute atomic E-state index is 0.0220. The molecule has 13 nitrogen and oxygen atoms in total. The Hall–Kier alpha value is -2.72. The molecule has 0 radical (unpaired) electrons. The van der Waals surface area contributed by atoms with Crippen molar-refractivity contribution in [1.82, 2.24) is 18.8 Å². The summed E-state index contributed by atoms with van der Waals surface area (Å²) in [7, 11) is -4.34. The van der Waals surface area contributed by atoms with Gasteiger partial charge in [0.1, 0.15) is 5.75 Å². The van der Waals surface area contributed by atoms with Crippen molar-refractivity contribution in [3.05, 3.63) is 36.3 Å². The first-order valence-electron chi connectivity index (χ1n) is 13.9. The van der Waals surface area contributed by atoms with Crippen LogP contribution in [0.2, 0.25) is 0 Å². The standard InChI is InChI=1S/C27H43N5O8S2/c1-19-14-32(20(2)17-33)27(34)23-13-22(29-41(6,35)36)10-11-24(23)40-21(3)9-7-8-12-39-25(19)15-31(5)42(37,38)26-16-30(4)18-28-26/h10-11,13,16,18-21,25,29,33H,7-9,12,14-15,17H2,1-6H3/t19-,20+,21+,25+/m0/s1. The minimum Gasteiger partial charge on any atom is -0.490 e. The average molecular weight is 630 g/mol. The number of hydrogen-bond acceptors (Lipinski definition) is 9. The summed E-state index contributed by atoms with van der Waals surface area (Å²) in [5.74, 6) is -0.513. The number of ether oxygens (including phenoxy) is 2. The van der Waals surface area contributed by atoms with Gasteiger partial charge in [0.05, 0.1) is 43.0 Å². The molecule has 0 bridgehead atoms. The molecule has 2 heterocycles. The van der Waals surface area contributed by atoms with E-state index in [0.29, 0.717) is 25.2 Å². The van der Waals surface area contributed by atoms with Crippen molar-refractivity contribution in [3.8, 4) is 5.75 Å². The summed E-state index contributed by atoms with van der Waals surface area (Å²) in [5.41, 5.74) is 0.349. The second-order valence-electron chi connectivity index (χ2n) is 11.0. The first kappa shape index (κ1) is 33.8. The number of carbonyl (C=O) groups excluding carboxylic acids is 1. The van der Waals surface area contributed by atoms with Crippen LogP contribution in [0.4, 0.5) is 5.69 Å². The molecular weight excluding hydrogens is 586 g/mol. The van der Waals surface area contributed by atoms with Crippen LogP contribution >= 0.6 is 0 Å². The number of amides is 1. The normalized spacial score (nSPS) is 22.2. The van der Waals surface area contributed by atoms with Crippen molar-refractivity contribution >= 4 is 31.6 Å². The van der Waals surface area contributed by atoms with E-state index in [1.54, 1.807) is 24.6 Å². The molecule has 0 spiro atoms. The van der Waals surface area contributed by atoms with Gasteiger partial charge in [0.2, 0.25) is 10.0 Å². The number of benzene rings is 1. The monoisotopic (exact) mass is 629 g/mol. The number of imidazole rings is 1. The number of aliphatic hydroxyl groups is 1. The summed E-state index contributed by atoms with van der Waals surface area (Å²) in [6.45, 7) is 5.66. The third-order valence-corrected chi connectivity index (χ3v) is 9.46. The lowest BCUT2D eigenvalue weighted by Crippen LogP contribution is -2.48. The molecule has 0 unspecified atom stereocenters. The van der Waals surface area contributed by atoms with E-state index in [-0.39, 0.29) is 48.0 Å². The Kier molecular flexibility index (Phi) is 11.4. The van der Waals surface area contributed by atoms with Gasteiger partial charge in [-0.2, -0.15) is 4.31 Å². The van der Waals surface area contributed by atoms with Crippen LogP contribution in [-0.2, 0) is 31.8 Å². The van der Waals surface area contributed by atoms with Gasteiger partial charge >= 0.3 is 0 Å². The fourth-order valence-electron chi connectivity index (χ4n) is 4.70. The van der Waals surface area contributed by atoms with Crippen LogP contribution in [-0.4, -0.2) is 104 Å². The summed E-state index contributed by atoms with van der Waals surface area (Å²) < 4.78 is 67.7. The molecule has 1 aromatic carbocycles. The van der Waals surface area contributed by atoms with Crippen molar-refractivity contribution in [3.63, 3.8) is 0 Å². The Morgan fingerprint density at radius 1 is 1.21 bits per heavy atom. The Labute approximate surface area is 248 Å². The van der Waals surface area contributed by atoms with E-state index in [1.165, 1.54) is 40.9 Å². The highest BCUT2D eigenvalue weighted by Gasteiger charge is 2.33. The molecule has 0 saturated heterocycles. The molecule has 1 aliphatic rings. The van der Waals surface area contributed by atoms with Gasteiger partial charge in [-0.25, -0.2) is 21.8 Å².